The Morgan fingerprint density at radius 1 is 1.00 bits per heavy atom. The maximum atomic E-state index is 12.1. The fourth-order valence-corrected chi connectivity index (χ4v) is 1.82. The second kappa shape index (κ2) is 6.48. The van der Waals surface area contributed by atoms with Gasteiger partial charge in [0.25, 0.3) is 0 Å². The topological polar surface area (TPSA) is 46.2 Å². The van der Waals surface area contributed by atoms with E-state index in [2.05, 4.69) is 5.32 Å². The lowest BCUT2D eigenvalue weighted by Crippen LogP contribution is -2.14. The minimum atomic E-state index is -0.299. The zero-order valence-electron chi connectivity index (χ0n) is 11.2. The van der Waals surface area contributed by atoms with E-state index in [1.165, 1.54) is 6.08 Å². The summed E-state index contributed by atoms with van der Waals surface area (Å²) in [4.78, 5) is 24.3. The molecule has 0 amide bonds. The molecule has 0 radical (unpaired) electrons. The Bertz CT molecular complexity index is 691. The van der Waals surface area contributed by atoms with Crippen LogP contribution < -0.4 is 10.7 Å². The van der Waals surface area contributed by atoms with E-state index < -0.39 is 0 Å². The second-order valence-corrected chi connectivity index (χ2v) is 4.23. The van der Waals surface area contributed by atoms with Crippen LogP contribution in [0.2, 0.25) is 0 Å². The lowest BCUT2D eigenvalue weighted by atomic mass is 10.1. The summed E-state index contributed by atoms with van der Waals surface area (Å²) >= 11 is 0. The summed E-state index contributed by atoms with van der Waals surface area (Å²) in [6.07, 6.45) is 3.12. The first-order chi connectivity index (χ1) is 9.72. The van der Waals surface area contributed by atoms with Crippen molar-refractivity contribution in [2.45, 2.75) is 0 Å². The van der Waals surface area contributed by atoms with E-state index >= 15 is 0 Å². The molecular formula is C17H15NO2. The van der Waals surface area contributed by atoms with Gasteiger partial charge >= 0.3 is 0 Å². The monoisotopic (exact) mass is 265 g/mol. The molecule has 0 saturated carbocycles. The van der Waals surface area contributed by atoms with Gasteiger partial charge in [0.1, 0.15) is 0 Å². The van der Waals surface area contributed by atoms with Crippen molar-refractivity contribution >= 4 is 17.5 Å². The number of benzene rings is 1. The molecule has 2 aromatic carbocycles. The van der Waals surface area contributed by atoms with Gasteiger partial charge in [0, 0.05) is 7.05 Å². The van der Waals surface area contributed by atoms with Crippen LogP contribution in [-0.4, -0.2) is 12.8 Å². The molecule has 20 heavy (non-hydrogen) atoms. The zero-order valence-corrected chi connectivity index (χ0v) is 11.2. The minimum Gasteiger partial charge on any atom is -0.385 e. The molecule has 0 heterocycles. The summed E-state index contributed by atoms with van der Waals surface area (Å²) in [5, 5.41) is 2.80. The van der Waals surface area contributed by atoms with E-state index in [-0.39, 0.29) is 16.8 Å². The number of carbonyl (C=O) groups excluding carboxylic acids is 1. The Labute approximate surface area is 117 Å². The first kappa shape index (κ1) is 13.7. The highest BCUT2D eigenvalue weighted by atomic mass is 16.1. The standard InChI is InChI=1S/C17H15NO2/c1-18-15-10-6-5-9-14(17(15)20)16(19)12-11-13-7-3-2-4-8-13/h2-12H,1H3,(H,18,20). The predicted octanol–water partition coefficient (Wildman–Crippen LogP) is 2.98. The van der Waals surface area contributed by atoms with Crippen LogP contribution in [0.25, 0.3) is 6.08 Å². The Kier molecular flexibility index (Phi) is 4.45. The smallest absolute Gasteiger partial charge is 0.212 e. The van der Waals surface area contributed by atoms with Gasteiger partial charge in [-0.1, -0.05) is 48.5 Å². The lowest BCUT2D eigenvalue weighted by molar-refractivity contribution is 0.104. The normalized spacial score (nSPS) is 10.4. The highest BCUT2D eigenvalue weighted by molar-refractivity contribution is 6.07. The molecular weight excluding hydrogens is 250 g/mol. The molecule has 0 saturated heterocycles. The van der Waals surface area contributed by atoms with Crippen molar-refractivity contribution in [1.29, 1.82) is 0 Å². The number of hydrogen-bond acceptors (Lipinski definition) is 3. The second-order valence-electron chi connectivity index (χ2n) is 4.23. The van der Waals surface area contributed by atoms with Crippen molar-refractivity contribution in [3.63, 3.8) is 0 Å². The van der Waals surface area contributed by atoms with E-state index in [0.717, 1.165) is 5.56 Å². The summed E-state index contributed by atoms with van der Waals surface area (Å²) in [7, 11) is 1.66. The minimum absolute atomic E-state index is 0.159. The number of allylic oxidation sites excluding steroid dienone is 1. The molecule has 1 N–H and O–H groups in total. The molecule has 2 aromatic rings. The largest absolute Gasteiger partial charge is 0.385 e. The first-order valence-corrected chi connectivity index (χ1v) is 6.31. The average molecular weight is 265 g/mol. The fraction of sp³-hybridized carbons (Fsp3) is 0.0588. The molecule has 0 atom stereocenters. The van der Waals surface area contributed by atoms with Crippen molar-refractivity contribution < 1.29 is 4.79 Å². The molecule has 0 aliphatic heterocycles. The first-order valence-electron chi connectivity index (χ1n) is 6.31. The molecule has 3 nitrogen and oxygen atoms in total. The van der Waals surface area contributed by atoms with Crippen LogP contribution in [-0.2, 0) is 0 Å². The number of carbonyl (C=O) groups is 1. The third kappa shape index (κ3) is 3.20. The van der Waals surface area contributed by atoms with Crippen molar-refractivity contribution in [3.05, 3.63) is 82.0 Å². The third-order valence-electron chi connectivity index (χ3n) is 2.89. The van der Waals surface area contributed by atoms with E-state index in [0.29, 0.717) is 5.69 Å². The van der Waals surface area contributed by atoms with Gasteiger partial charge in [0.2, 0.25) is 5.43 Å². The van der Waals surface area contributed by atoms with E-state index in [9.17, 15) is 9.59 Å². The van der Waals surface area contributed by atoms with Crippen molar-refractivity contribution in [3.8, 4) is 0 Å². The molecule has 0 aliphatic carbocycles. The maximum absolute atomic E-state index is 12.1. The number of hydrogen-bond donors (Lipinski definition) is 1. The van der Waals surface area contributed by atoms with Crippen molar-refractivity contribution in [2.75, 3.05) is 12.4 Å². The molecule has 0 bridgehead atoms. The number of anilines is 1. The van der Waals surface area contributed by atoms with Crippen LogP contribution in [0, 0.1) is 0 Å². The molecule has 0 aromatic heterocycles. The third-order valence-corrected chi connectivity index (χ3v) is 2.89. The zero-order chi connectivity index (χ0) is 14.4. The number of rotatable bonds is 4. The predicted molar refractivity (Wildman–Crippen MR) is 82.1 cm³/mol. The Balaban J connectivity index is 2.34. The summed E-state index contributed by atoms with van der Waals surface area (Å²) in [5.74, 6) is -0.299. The van der Waals surface area contributed by atoms with Crippen LogP contribution in [0.1, 0.15) is 15.9 Å². The summed E-state index contributed by atoms with van der Waals surface area (Å²) in [5.41, 5.74) is 1.20. The quantitative estimate of drug-likeness (QED) is 0.683. The van der Waals surface area contributed by atoms with Crippen molar-refractivity contribution in [1.82, 2.24) is 0 Å². The Hall–Kier alpha value is -2.68. The van der Waals surface area contributed by atoms with Gasteiger partial charge in [0.05, 0.1) is 11.3 Å². The van der Waals surface area contributed by atoms with Gasteiger partial charge in [-0.15, -0.1) is 0 Å². The fourth-order valence-electron chi connectivity index (χ4n) is 1.82. The van der Waals surface area contributed by atoms with E-state index in [1.54, 1.807) is 37.4 Å². The molecule has 100 valence electrons. The van der Waals surface area contributed by atoms with E-state index in [4.69, 9.17) is 0 Å². The van der Waals surface area contributed by atoms with Gasteiger partial charge in [-0.05, 0) is 23.8 Å². The van der Waals surface area contributed by atoms with Gasteiger partial charge < -0.3 is 5.32 Å². The Morgan fingerprint density at radius 3 is 2.35 bits per heavy atom. The highest BCUT2D eigenvalue weighted by Crippen LogP contribution is 2.05. The van der Waals surface area contributed by atoms with Crippen LogP contribution in [0.4, 0.5) is 5.69 Å². The molecule has 0 aliphatic rings. The Morgan fingerprint density at radius 2 is 1.65 bits per heavy atom. The van der Waals surface area contributed by atoms with Gasteiger partial charge in [-0.3, -0.25) is 9.59 Å². The lowest BCUT2D eigenvalue weighted by Gasteiger charge is -1.96. The molecule has 0 spiro atoms. The molecule has 0 unspecified atom stereocenters. The highest BCUT2D eigenvalue weighted by Gasteiger charge is 2.08. The van der Waals surface area contributed by atoms with Gasteiger partial charge in [0.15, 0.2) is 5.78 Å². The van der Waals surface area contributed by atoms with E-state index in [1.807, 2.05) is 30.3 Å². The van der Waals surface area contributed by atoms with Crippen LogP contribution in [0.5, 0.6) is 0 Å². The summed E-state index contributed by atoms with van der Waals surface area (Å²) in [6, 6.07) is 16.1. The molecule has 3 heteroatoms. The van der Waals surface area contributed by atoms with Crippen molar-refractivity contribution in [2.24, 2.45) is 0 Å². The van der Waals surface area contributed by atoms with Crippen LogP contribution in [0.3, 0.4) is 0 Å². The number of ketones is 1. The maximum Gasteiger partial charge on any atom is 0.212 e. The van der Waals surface area contributed by atoms with Crippen LogP contribution >= 0.6 is 0 Å². The SMILES string of the molecule is CNc1ccccc(C(=O)C=Cc2ccccc2)c1=O. The average Bonchev–Trinajstić information content (AvgIpc) is 2.67. The number of nitrogens with one attached hydrogen (secondary N) is 1. The van der Waals surface area contributed by atoms with Crippen LogP contribution in [0.15, 0.2) is 65.5 Å². The molecule has 2 rings (SSSR count). The molecule has 0 fully saturated rings. The van der Waals surface area contributed by atoms with Gasteiger partial charge in [-0.25, -0.2) is 0 Å². The summed E-state index contributed by atoms with van der Waals surface area (Å²) < 4.78 is 0. The summed E-state index contributed by atoms with van der Waals surface area (Å²) in [6.45, 7) is 0. The van der Waals surface area contributed by atoms with Gasteiger partial charge in [-0.2, -0.15) is 0 Å².